The first-order valence-electron chi connectivity index (χ1n) is 9.69. The summed E-state index contributed by atoms with van der Waals surface area (Å²) >= 11 is 1.44. The summed E-state index contributed by atoms with van der Waals surface area (Å²) in [7, 11) is 1.70. The van der Waals surface area contributed by atoms with Crippen LogP contribution in [0.25, 0.3) is 0 Å². The number of hydrogen-bond acceptors (Lipinski definition) is 5. The molecule has 1 atom stereocenters. The molecule has 0 saturated heterocycles. The standard InChI is InChI=1S/C22H28N4O2S/c1-15-11-20(17(3)26(15)16(2)13-28-5)21(27)14-29-22-24-23-18(4)25(22)12-19-9-7-6-8-10-19/h6-11,16H,12-14H2,1-5H3. The van der Waals surface area contributed by atoms with Crippen LogP contribution in [0.4, 0.5) is 0 Å². The number of thioether (sulfide) groups is 1. The molecule has 0 aliphatic rings. The van der Waals surface area contributed by atoms with E-state index in [1.165, 1.54) is 17.3 Å². The van der Waals surface area contributed by atoms with Crippen molar-refractivity contribution in [2.45, 2.75) is 45.4 Å². The Hall–Kier alpha value is -2.38. The van der Waals surface area contributed by atoms with Crippen LogP contribution in [0.15, 0.2) is 41.6 Å². The van der Waals surface area contributed by atoms with Crippen LogP contribution in [-0.4, -0.2) is 44.6 Å². The van der Waals surface area contributed by atoms with E-state index >= 15 is 0 Å². The maximum absolute atomic E-state index is 12.9. The highest BCUT2D eigenvalue weighted by molar-refractivity contribution is 7.99. The minimum atomic E-state index is 0.103. The zero-order valence-electron chi connectivity index (χ0n) is 17.7. The summed E-state index contributed by atoms with van der Waals surface area (Å²) in [5.74, 6) is 1.27. The van der Waals surface area contributed by atoms with Gasteiger partial charge in [-0.15, -0.1) is 10.2 Å². The van der Waals surface area contributed by atoms with Crippen LogP contribution in [0.5, 0.6) is 0 Å². The van der Waals surface area contributed by atoms with E-state index in [1.54, 1.807) is 7.11 Å². The van der Waals surface area contributed by atoms with Gasteiger partial charge < -0.3 is 13.9 Å². The molecule has 3 aromatic rings. The number of nitrogens with zero attached hydrogens (tertiary/aromatic N) is 4. The van der Waals surface area contributed by atoms with Gasteiger partial charge in [-0.25, -0.2) is 0 Å². The first-order valence-corrected chi connectivity index (χ1v) is 10.7. The van der Waals surface area contributed by atoms with Crippen LogP contribution >= 0.6 is 11.8 Å². The minimum absolute atomic E-state index is 0.103. The average molecular weight is 413 g/mol. The molecule has 3 rings (SSSR count). The highest BCUT2D eigenvalue weighted by Crippen LogP contribution is 2.24. The summed E-state index contributed by atoms with van der Waals surface area (Å²) in [4.78, 5) is 12.9. The predicted octanol–water partition coefficient (Wildman–Crippen LogP) is 4.24. The lowest BCUT2D eigenvalue weighted by atomic mass is 10.2. The van der Waals surface area contributed by atoms with Gasteiger partial charge in [-0.05, 0) is 39.3 Å². The molecule has 0 aliphatic carbocycles. The van der Waals surface area contributed by atoms with Crippen LogP contribution in [0, 0.1) is 20.8 Å². The summed E-state index contributed by atoms with van der Waals surface area (Å²) in [6.07, 6.45) is 0. The average Bonchev–Trinajstić information content (AvgIpc) is 3.20. The fourth-order valence-corrected chi connectivity index (χ4v) is 4.54. The molecule has 2 heterocycles. The highest BCUT2D eigenvalue weighted by atomic mass is 32.2. The lowest BCUT2D eigenvalue weighted by molar-refractivity contribution is 0.102. The summed E-state index contributed by atoms with van der Waals surface area (Å²) in [6, 6.07) is 12.4. The normalized spacial score (nSPS) is 12.3. The van der Waals surface area contributed by atoms with Crippen LogP contribution in [0.1, 0.15) is 46.1 Å². The van der Waals surface area contributed by atoms with E-state index in [1.807, 2.05) is 45.0 Å². The zero-order chi connectivity index (χ0) is 21.0. The van der Waals surface area contributed by atoms with E-state index in [-0.39, 0.29) is 11.8 Å². The van der Waals surface area contributed by atoms with Gasteiger partial charge in [0.15, 0.2) is 10.9 Å². The number of hydrogen-bond donors (Lipinski definition) is 0. The number of aryl methyl sites for hydroxylation is 2. The van der Waals surface area contributed by atoms with E-state index in [0.29, 0.717) is 18.9 Å². The molecule has 0 radical (unpaired) electrons. The Balaban J connectivity index is 1.73. The molecule has 0 fully saturated rings. The fraction of sp³-hybridized carbons (Fsp3) is 0.409. The lowest BCUT2D eigenvalue weighted by Gasteiger charge is -2.17. The van der Waals surface area contributed by atoms with Crippen molar-refractivity contribution in [3.05, 3.63) is 64.7 Å². The summed E-state index contributed by atoms with van der Waals surface area (Å²) < 4.78 is 9.50. The number of methoxy groups -OCH3 is 1. The number of ether oxygens (including phenoxy) is 1. The molecule has 2 aromatic heterocycles. The molecule has 154 valence electrons. The smallest absolute Gasteiger partial charge is 0.191 e. The molecule has 7 heteroatoms. The van der Waals surface area contributed by atoms with E-state index in [9.17, 15) is 4.79 Å². The first kappa shape index (κ1) is 21.3. The van der Waals surface area contributed by atoms with Gasteiger partial charge >= 0.3 is 0 Å². The third kappa shape index (κ3) is 4.79. The number of ketones is 1. The van der Waals surface area contributed by atoms with Crippen molar-refractivity contribution in [2.75, 3.05) is 19.5 Å². The minimum Gasteiger partial charge on any atom is -0.383 e. The van der Waals surface area contributed by atoms with Crippen LogP contribution in [-0.2, 0) is 11.3 Å². The predicted molar refractivity (Wildman–Crippen MR) is 116 cm³/mol. The maximum atomic E-state index is 12.9. The van der Waals surface area contributed by atoms with Crippen molar-refractivity contribution in [3.63, 3.8) is 0 Å². The molecule has 1 unspecified atom stereocenters. The second-order valence-electron chi connectivity index (χ2n) is 7.27. The monoisotopic (exact) mass is 412 g/mol. The Labute approximate surface area is 176 Å². The largest absolute Gasteiger partial charge is 0.383 e. The molecular formula is C22H28N4O2S. The van der Waals surface area contributed by atoms with Crippen molar-refractivity contribution < 1.29 is 9.53 Å². The van der Waals surface area contributed by atoms with Crippen molar-refractivity contribution in [3.8, 4) is 0 Å². The van der Waals surface area contributed by atoms with Gasteiger partial charge in [0.1, 0.15) is 5.82 Å². The van der Waals surface area contributed by atoms with Gasteiger partial charge in [0, 0.05) is 24.1 Å². The SMILES string of the molecule is COCC(C)n1c(C)cc(C(=O)CSc2nnc(C)n2Cc2ccccc2)c1C. The fourth-order valence-electron chi connectivity index (χ4n) is 3.68. The third-order valence-electron chi connectivity index (χ3n) is 5.05. The Morgan fingerprint density at radius 3 is 2.59 bits per heavy atom. The number of Topliss-reactive ketones (excluding diaryl/α,β-unsaturated/α-hetero) is 1. The molecule has 29 heavy (non-hydrogen) atoms. The number of carbonyl (C=O) groups excluding carboxylic acids is 1. The van der Waals surface area contributed by atoms with Gasteiger partial charge in [0.2, 0.25) is 0 Å². The Kier molecular flexibility index (Phi) is 6.92. The molecule has 1 aromatic carbocycles. The van der Waals surface area contributed by atoms with Crippen molar-refractivity contribution >= 4 is 17.5 Å². The number of rotatable bonds is 9. The van der Waals surface area contributed by atoms with Gasteiger partial charge in [-0.2, -0.15) is 0 Å². The topological polar surface area (TPSA) is 61.9 Å². The Bertz CT molecular complexity index is 978. The van der Waals surface area contributed by atoms with Crippen LogP contribution < -0.4 is 0 Å². The Morgan fingerprint density at radius 1 is 1.17 bits per heavy atom. The molecule has 6 nitrogen and oxygen atoms in total. The van der Waals surface area contributed by atoms with Gasteiger partial charge in [0.05, 0.1) is 24.9 Å². The second kappa shape index (κ2) is 9.41. The molecule has 0 N–H and O–H groups in total. The molecular weight excluding hydrogens is 384 g/mol. The second-order valence-corrected chi connectivity index (χ2v) is 8.22. The van der Waals surface area contributed by atoms with E-state index < -0.39 is 0 Å². The van der Waals surface area contributed by atoms with Crippen molar-refractivity contribution in [2.24, 2.45) is 0 Å². The Morgan fingerprint density at radius 2 is 1.90 bits per heavy atom. The quantitative estimate of drug-likeness (QED) is 0.389. The van der Waals surface area contributed by atoms with Crippen LogP contribution in [0.2, 0.25) is 0 Å². The highest BCUT2D eigenvalue weighted by Gasteiger charge is 2.20. The molecule has 0 saturated carbocycles. The summed E-state index contributed by atoms with van der Waals surface area (Å²) in [6.45, 7) is 9.37. The van der Waals surface area contributed by atoms with E-state index in [0.717, 1.165) is 27.9 Å². The number of carbonyl (C=O) groups is 1. The maximum Gasteiger partial charge on any atom is 0.191 e. The van der Waals surface area contributed by atoms with E-state index in [2.05, 4.69) is 38.4 Å². The summed E-state index contributed by atoms with van der Waals surface area (Å²) in [5, 5.41) is 9.25. The molecule has 0 spiro atoms. The van der Waals surface area contributed by atoms with Gasteiger partial charge in [0.25, 0.3) is 0 Å². The zero-order valence-corrected chi connectivity index (χ0v) is 18.5. The van der Waals surface area contributed by atoms with Gasteiger partial charge in [-0.1, -0.05) is 42.1 Å². The first-order chi connectivity index (χ1) is 13.9. The number of aromatic nitrogens is 4. The van der Waals surface area contributed by atoms with E-state index in [4.69, 9.17) is 4.74 Å². The van der Waals surface area contributed by atoms with Gasteiger partial charge in [-0.3, -0.25) is 4.79 Å². The van der Waals surface area contributed by atoms with Crippen LogP contribution in [0.3, 0.4) is 0 Å². The molecule has 0 bridgehead atoms. The lowest BCUT2D eigenvalue weighted by Crippen LogP contribution is -2.15. The molecule has 0 amide bonds. The van der Waals surface area contributed by atoms with Crippen molar-refractivity contribution in [1.29, 1.82) is 0 Å². The third-order valence-corrected chi connectivity index (χ3v) is 6.02. The van der Waals surface area contributed by atoms with Crippen molar-refractivity contribution in [1.82, 2.24) is 19.3 Å². The number of benzene rings is 1. The molecule has 0 aliphatic heterocycles. The summed E-state index contributed by atoms with van der Waals surface area (Å²) in [5.41, 5.74) is 4.01.